The molecule has 1 aliphatic heterocycles. The molecule has 70 valence electrons. The van der Waals surface area contributed by atoms with Crippen LogP contribution >= 0.6 is 0 Å². The summed E-state index contributed by atoms with van der Waals surface area (Å²) >= 11 is 0. The molecule has 0 unspecified atom stereocenters. The number of hydrogen-bond donors (Lipinski definition) is 1. The molecule has 2 rings (SSSR count). The van der Waals surface area contributed by atoms with Crippen molar-refractivity contribution in [2.45, 2.75) is 38.1 Å². The van der Waals surface area contributed by atoms with Crippen molar-refractivity contribution in [3.8, 4) is 0 Å². The van der Waals surface area contributed by atoms with Crippen molar-refractivity contribution < 1.29 is 0 Å². The van der Waals surface area contributed by atoms with Gasteiger partial charge in [0.25, 0.3) is 0 Å². The molecule has 2 fully saturated rings. The molecule has 0 amide bonds. The van der Waals surface area contributed by atoms with E-state index in [1.54, 1.807) is 0 Å². The molecule has 0 radical (unpaired) electrons. The number of piperidine rings is 1. The molecule has 2 nitrogen and oxygen atoms in total. The predicted octanol–water partition coefficient (Wildman–Crippen LogP) is 1.21. The van der Waals surface area contributed by atoms with E-state index in [-0.39, 0.29) is 0 Å². The highest BCUT2D eigenvalue weighted by Gasteiger charge is 2.29. The first-order valence-electron chi connectivity index (χ1n) is 5.34. The van der Waals surface area contributed by atoms with E-state index >= 15 is 0 Å². The van der Waals surface area contributed by atoms with Crippen molar-refractivity contribution in [1.29, 1.82) is 0 Å². The molecule has 1 saturated carbocycles. The molecule has 1 atom stereocenters. The van der Waals surface area contributed by atoms with Gasteiger partial charge in [0.2, 0.25) is 0 Å². The van der Waals surface area contributed by atoms with Gasteiger partial charge >= 0.3 is 0 Å². The maximum absolute atomic E-state index is 6.07. The molecule has 0 spiro atoms. The van der Waals surface area contributed by atoms with Crippen LogP contribution in [0.1, 0.15) is 32.1 Å². The minimum atomic E-state index is 0.475. The van der Waals surface area contributed by atoms with Crippen LogP contribution in [-0.2, 0) is 0 Å². The number of nitrogens with two attached hydrogens (primary N) is 1. The lowest BCUT2D eigenvalue weighted by atomic mass is 10.1. The van der Waals surface area contributed by atoms with Crippen LogP contribution in [0.4, 0.5) is 0 Å². The molecule has 2 N–H and O–H groups in total. The Morgan fingerprint density at radius 2 is 1.83 bits per heavy atom. The van der Waals surface area contributed by atoms with E-state index in [0.717, 1.165) is 12.5 Å². The van der Waals surface area contributed by atoms with Crippen LogP contribution in [0.2, 0.25) is 0 Å². The second-order valence-corrected chi connectivity index (χ2v) is 4.36. The van der Waals surface area contributed by atoms with Crippen LogP contribution < -0.4 is 5.73 Å². The average molecular weight is 168 g/mol. The zero-order valence-electron chi connectivity index (χ0n) is 7.84. The lowest BCUT2D eigenvalue weighted by Gasteiger charge is -2.28. The second kappa shape index (κ2) is 3.75. The van der Waals surface area contributed by atoms with E-state index in [1.807, 2.05) is 0 Å². The highest BCUT2D eigenvalue weighted by atomic mass is 15.1. The van der Waals surface area contributed by atoms with Gasteiger partial charge in [0.15, 0.2) is 0 Å². The summed E-state index contributed by atoms with van der Waals surface area (Å²) in [5.74, 6) is 0.868. The number of rotatable bonds is 3. The van der Waals surface area contributed by atoms with Crippen molar-refractivity contribution >= 4 is 0 Å². The molecule has 0 aromatic rings. The van der Waals surface area contributed by atoms with Gasteiger partial charge in [0, 0.05) is 12.6 Å². The van der Waals surface area contributed by atoms with Gasteiger partial charge in [-0.1, -0.05) is 6.42 Å². The van der Waals surface area contributed by atoms with E-state index in [9.17, 15) is 0 Å². The third-order valence-corrected chi connectivity index (χ3v) is 3.15. The molecular weight excluding hydrogens is 148 g/mol. The third kappa shape index (κ3) is 2.20. The van der Waals surface area contributed by atoms with Crippen LogP contribution in [0.15, 0.2) is 0 Å². The van der Waals surface area contributed by atoms with Crippen LogP contribution in [0.25, 0.3) is 0 Å². The maximum atomic E-state index is 6.07. The normalized spacial score (nSPS) is 28.8. The fraction of sp³-hybridized carbons (Fsp3) is 1.00. The smallest absolute Gasteiger partial charge is 0.0196 e. The lowest BCUT2D eigenvalue weighted by Crippen LogP contribution is -2.41. The van der Waals surface area contributed by atoms with E-state index in [1.165, 1.54) is 45.2 Å². The predicted molar refractivity (Wildman–Crippen MR) is 51.0 cm³/mol. The molecule has 1 saturated heterocycles. The van der Waals surface area contributed by atoms with Gasteiger partial charge in [-0.2, -0.15) is 0 Å². The Labute approximate surface area is 75.1 Å². The topological polar surface area (TPSA) is 29.3 Å². The van der Waals surface area contributed by atoms with Gasteiger partial charge in [-0.05, 0) is 44.7 Å². The van der Waals surface area contributed by atoms with Gasteiger partial charge in [0.05, 0.1) is 0 Å². The van der Waals surface area contributed by atoms with Crippen molar-refractivity contribution in [3.05, 3.63) is 0 Å². The average Bonchev–Trinajstić information content (AvgIpc) is 2.88. The summed E-state index contributed by atoms with van der Waals surface area (Å²) in [5, 5.41) is 0. The molecule has 12 heavy (non-hydrogen) atoms. The van der Waals surface area contributed by atoms with Gasteiger partial charge in [-0.15, -0.1) is 0 Å². The molecule has 0 aromatic heterocycles. The Balaban J connectivity index is 1.69. The van der Waals surface area contributed by atoms with Crippen molar-refractivity contribution in [2.24, 2.45) is 11.7 Å². The lowest BCUT2D eigenvalue weighted by molar-refractivity contribution is 0.210. The summed E-state index contributed by atoms with van der Waals surface area (Å²) in [6.45, 7) is 3.74. The summed E-state index contributed by atoms with van der Waals surface area (Å²) in [6.07, 6.45) is 6.97. The second-order valence-electron chi connectivity index (χ2n) is 4.36. The molecule has 0 bridgehead atoms. The van der Waals surface area contributed by atoms with Crippen LogP contribution in [0, 0.1) is 5.92 Å². The largest absolute Gasteiger partial charge is 0.326 e. The summed E-state index contributed by atoms with van der Waals surface area (Å²) in [6, 6.07) is 0.475. The SMILES string of the molecule is N[C@H](CN1CCCCC1)C1CC1. The zero-order chi connectivity index (χ0) is 8.39. The highest BCUT2D eigenvalue weighted by molar-refractivity contribution is 4.86. The van der Waals surface area contributed by atoms with Gasteiger partial charge in [0.1, 0.15) is 0 Å². The molecule has 2 heteroatoms. The monoisotopic (exact) mass is 168 g/mol. The number of likely N-dealkylation sites (tertiary alicyclic amines) is 1. The Morgan fingerprint density at radius 3 is 2.42 bits per heavy atom. The van der Waals surface area contributed by atoms with Crippen molar-refractivity contribution in [2.75, 3.05) is 19.6 Å². The van der Waals surface area contributed by atoms with Crippen LogP contribution in [0.3, 0.4) is 0 Å². The summed E-state index contributed by atoms with van der Waals surface area (Å²) in [7, 11) is 0. The summed E-state index contributed by atoms with van der Waals surface area (Å²) in [5.41, 5.74) is 6.07. The molecular formula is C10H20N2. The maximum Gasteiger partial charge on any atom is 0.0196 e. The molecule has 1 aliphatic carbocycles. The highest BCUT2D eigenvalue weighted by Crippen LogP contribution is 2.32. The Kier molecular flexibility index (Phi) is 2.66. The minimum Gasteiger partial charge on any atom is -0.326 e. The number of nitrogens with zero attached hydrogens (tertiary/aromatic N) is 1. The van der Waals surface area contributed by atoms with Crippen molar-refractivity contribution in [1.82, 2.24) is 4.90 Å². The van der Waals surface area contributed by atoms with E-state index in [2.05, 4.69) is 4.90 Å². The van der Waals surface area contributed by atoms with Gasteiger partial charge in [-0.3, -0.25) is 0 Å². The summed E-state index contributed by atoms with van der Waals surface area (Å²) in [4.78, 5) is 2.55. The fourth-order valence-corrected chi connectivity index (χ4v) is 2.11. The van der Waals surface area contributed by atoms with Gasteiger partial charge in [-0.25, -0.2) is 0 Å². The Hall–Kier alpha value is -0.0800. The first-order chi connectivity index (χ1) is 5.86. The van der Waals surface area contributed by atoms with E-state index in [4.69, 9.17) is 5.73 Å². The standard InChI is InChI=1S/C10H20N2/c11-10(9-4-5-9)8-12-6-2-1-3-7-12/h9-10H,1-8,11H2/t10-/m1/s1. The molecule has 0 aromatic carbocycles. The van der Waals surface area contributed by atoms with E-state index in [0.29, 0.717) is 6.04 Å². The van der Waals surface area contributed by atoms with E-state index < -0.39 is 0 Å². The van der Waals surface area contributed by atoms with Gasteiger partial charge < -0.3 is 10.6 Å². The molecule has 2 aliphatic rings. The quantitative estimate of drug-likeness (QED) is 0.686. The van der Waals surface area contributed by atoms with Crippen LogP contribution in [-0.4, -0.2) is 30.6 Å². The van der Waals surface area contributed by atoms with Crippen molar-refractivity contribution in [3.63, 3.8) is 0 Å². The fourth-order valence-electron chi connectivity index (χ4n) is 2.11. The minimum absolute atomic E-state index is 0.475. The first-order valence-corrected chi connectivity index (χ1v) is 5.34. The first kappa shape index (κ1) is 8.52. The Bertz CT molecular complexity index is 137. The summed E-state index contributed by atoms with van der Waals surface area (Å²) < 4.78 is 0. The molecule has 1 heterocycles. The third-order valence-electron chi connectivity index (χ3n) is 3.15. The Morgan fingerprint density at radius 1 is 1.17 bits per heavy atom. The zero-order valence-corrected chi connectivity index (χ0v) is 7.84. The van der Waals surface area contributed by atoms with Crippen LogP contribution in [0.5, 0.6) is 0 Å². The number of hydrogen-bond acceptors (Lipinski definition) is 2.